The van der Waals surface area contributed by atoms with Gasteiger partial charge in [-0.05, 0) is 6.92 Å². The van der Waals surface area contributed by atoms with E-state index in [2.05, 4.69) is 10.3 Å². The van der Waals surface area contributed by atoms with Crippen molar-refractivity contribution in [1.82, 2.24) is 5.32 Å². The van der Waals surface area contributed by atoms with Crippen LogP contribution in [0.25, 0.3) is 0 Å². The maximum absolute atomic E-state index is 10.3. The van der Waals surface area contributed by atoms with Crippen molar-refractivity contribution in [3.63, 3.8) is 0 Å². The molecule has 5 heteroatoms. The summed E-state index contributed by atoms with van der Waals surface area (Å²) in [6.45, 7) is 1.64. The summed E-state index contributed by atoms with van der Waals surface area (Å²) in [5.41, 5.74) is -0.143. The summed E-state index contributed by atoms with van der Waals surface area (Å²) in [6, 6.07) is 0. The van der Waals surface area contributed by atoms with Crippen molar-refractivity contribution in [2.45, 2.75) is 13.2 Å². The van der Waals surface area contributed by atoms with E-state index in [1.54, 1.807) is 6.92 Å². The lowest BCUT2D eigenvalue weighted by atomic mass is 10.2. The molecule has 0 fully saturated rings. The van der Waals surface area contributed by atoms with Gasteiger partial charge in [-0.3, -0.25) is 0 Å². The zero-order chi connectivity index (χ0) is 8.43. The average molecular weight is 156 g/mol. The molecule has 0 radical (unpaired) electrons. The Labute approximate surface area is 63.1 Å². The molecule has 0 spiro atoms. The molecule has 1 aliphatic rings. The molecule has 0 aliphatic carbocycles. The molecule has 0 unspecified atom stereocenters. The third-order valence-corrected chi connectivity index (χ3v) is 1.28. The van der Waals surface area contributed by atoms with Gasteiger partial charge in [0.1, 0.15) is 11.4 Å². The van der Waals surface area contributed by atoms with Crippen LogP contribution in [0.15, 0.2) is 16.8 Å². The molecule has 0 saturated heterocycles. The third-order valence-electron chi connectivity index (χ3n) is 1.28. The molecule has 1 aliphatic heterocycles. The Morgan fingerprint density at radius 3 is 2.91 bits per heavy atom. The molecule has 60 valence electrons. The quantitative estimate of drug-likeness (QED) is 0.468. The topological polar surface area (TPSA) is 81.9 Å². The highest BCUT2D eigenvalue weighted by Crippen LogP contribution is 2.06. The van der Waals surface area contributed by atoms with Gasteiger partial charge in [0.2, 0.25) is 0 Å². The number of carboxylic acid groups (broad SMARTS) is 1. The highest BCUT2D eigenvalue weighted by Gasteiger charge is 2.19. The largest absolute Gasteiger partial charge is 0.478 e. The highest BCUT2D eigenvalue weighted by molar-refractivity contribution is 5.91. The van der Waals surface area contributed by atoms with Gasteiger partial charge in [-0.25, -0.2) is 9.79 Å². The molecule has 1 rings (SSSR count). The highest BCUT2D eigenvalue weighted by atomic mass is 16.4. The van der Waals surface area contributed by atoms with Crippen LogP contribution in [0.2, 0.25) is 0 Å². The number of amidine groups is 1. The van der Waals surface area contributed by atoms with Gasteiger partial charge in [0.05, 0.1) is 0 Å². The van der Waals surface area contributed by atoms with E-state index in [1.165, 1.54) is 6.20 Å². The fourth-order valence-electron chi connectivity index (χ4n) is 0.719. The number of aliphatic hydroxyl groups is 1. The molecule has 0 aromatic carbocycles. The van der Waals surface area contributed by atoms with Crippen LogP contribution >= 0.6 is 0 Å². The van der Waals surface area contributed by atoms with Crippen molar-refractivity contribution in [3.05, 3.63) is 11.8 Å². The van der Waals surface area contributed by atoms with Gasteiger partial charge < -0.3 is 15.5 Å². The first-order valence-electron chi connectivity index (χ1n) is 3.03. The average Bonchev–Trinajstić information content (AvgIpc) is 1.85. The van der Waals surface area contributed by atoms with Gasteiger partial charge in [0.15, 0.2) is 6.23 Å². The zero-order valence-corrected chi connectivity index (χ0v) is 5.90. The van der Waals surface area contributed by atoms with Crippen LogP contribution in [0.5, 0.6) is 0 Å². The lowest BCUT2D eigenvalue weighted by molar-refractivity contribution is -0.133. The van der Waals surface area contributed by atoms with Gasteiger partial charge in [-0.1, -0.05) is 0 Å². The van der Waals surface area contributed by atoms with Crippen LogP contribution in [0.1, 0.15) is 6.92 Å². The Balaban J connectivity index is 2.80. The van der Waals surface area contributed by atoms with Crippen molar-refractivity contribution in [2.75, 3.05) is 0 Å². The van der Waals surface area contributed by atoms with E-state index in [0.29, 0.717) is 5.84 Å². The summed E-state index contributed by atoms with van der Waals surface area (Å²) in [7, 11) is 0. The molecule has 0 saturated carbocycles. The van der Waals surface area contributed by atoms with Gasteiger partial charge in [-0.15, -0.1) is 0 Å². The summed E-state index contributed by atoms with van der Waals surface area (Å²) < 4.78 is 0. The predicted octanol–water partition coefficient (Wildman–Crippen LogP) is -0.705. The van der Waals surface area contributed by atoms with Gasteiger partial charge in [0.25, 0.3) is 0 Å². The van der Waals surface area contributed by atoms with E-state index in [4.69, 9.17) is 10.2 Å². The number of hydrogen-bond donors (Lipinski definition) is 3. The van der Waals surface area contributed by atoms with Crippen LogP contribution in [0, 0.1) is 0 Å². The number of nitrogens with one attached hydrogen (secondary N) is 1. The lowest BCUT2D eigenvalue weighted by Crippen LogP contribution is -2.28. The van der Waals surface area contributed by atoms with Crippen LogP contribution < -0.4 is 5.32 Å². The van der Waals surface area contributed by atoms with Gasteiger partial charge in [-0.2, -0.15) is 0 Å². The number of nitrogens with zero attached hydrogens (tertiary/aromatic N) is 1. The van der Waals surface area contributed by atoms with Crippen LogP contribution in [0.4, 0.5) is 0 Å². The zero-order valence-electron chi connectivity index (χ0n) is 5.90. The monoisotopic (exact) mass is 156 g/mol. The van der Waals surface area contributed by atoms with E-state index < -0.39 is 12.2 Å². The SMILES string of the molecule is CC1=N[C@@H](O)C(C(=O)O)=CN1. The summed E-state index contributed by atoms with van der Waals surface area (Å²) in [5, 5.41) is 20.1. The summed E-state index contributed by atoms with van der Waals surface area (Å²) >= 11 is 0. The first kappa shape index (κ1) is 7.74. The second-order valence-electron chi connectivity index (χ2n) is 2.14. The van der Waals surface area contributed by atoms with E-state index >= 15 is 0 Å². The van der Waals surface area contributed by atoms with Crippen LogP contribution in [0.3, 0.4) is 0 Å². The minimum atomic E-state index is -1.24. The Bertz CT molecular complexity index is 244. The number of hydrogen-bond acceptors (Lipinski definition) is 4. The van der Waals surface area contributed by atoms with E-state index in [1.807, 2.05) is 0 Å². The lowest BCUT2D eigenvalue weighted by Gasteiger charge is -2.13. The summed E-state index contributed by atoms with van der Waals surface area (Å²) in [5.74, 6) is -0.663. The number of carbonyl (C=O) groups is 1. The molecule has 3 N–H and O–H groups in total. The molecule has 11 heavy (non-hydrogen) atoms. The smallest absolute Gasteiger partial charge is 0.337 e. The molecule has 0 amide bonds. The summed E-state index contributed by atoms with van der Waals surface area (Å²) in [6.07, 6.45) is -0.0104. The number of aliphatic imine (C=N–C) groups is 1. The molecule has 0 aromatic rings. The second kappa shape index (κ2) is 2.71. The van der Waals surface area contributed by atoms with E-state index in [9.17, 15) is 4.79 Å². The Hall–Kier alpha value is -1.36. The molecule has 0 aromatic heterocycles. The van der Waals surface area contributed by atoms with Crippen molar-refractivity contribution in [1.29, 1.82) is 0 Å². The molecule has 0 bridgehead atoms. The molecular formula is C6H8N2O3. The van der Waals surface area contributed by atoms with Crippen molar-refractivity contribution >= 4 is 11.8 Å². The van der Waals surface area contributed by atoms with Crippen molar-refractivity contribution in [2.24, 2.45) is 4.99 Å². The molecule has 5 nitrogen and oxygen atoms in total. The van der Waals surface area contributed by atoms with E-state index in [0.717, 1.165) is 0 Å². The number of rotatable bonds is 1. The number of carboxylic acids is 1. The fourth-order valence-corrected chi connectivity index (χ4v) is 0.719. The second-order valence-corrected chi connectivity index (χ2v) is 2.14. The minimum absolute atomic E-state index is 0.143. The van der Waals surface area contributed by atoms with Gasteiger partial charge >= 0.3 is 5.97 Å². The first-order valence-corrected chi connectivity index (χ1v) is 3.03. The van der Waals surface area contributed by atoms with Gasteiger partial charge in [0, 0.05) is 6.20 Å². The maximum Gasteiger partial charge on any atom is 0.337 e. The fraction of sp³-hybridized carbons (Fsp3) is 0.333. The van der Waals surface area contributed by atoms with E-state index in [-0.39, 0.29) is 5.57 Å². The Kier molecular flexibility index (Phi) is 1.91. The summed E-state index contributed by atoms with van der Waals surface area (Å²) in [4.78, 5) is 13.9. The number of aliphatic hydroxyl groups excluding tert-OH is 1. The Morgan fingerprint density at radius 1 is 1.82 bits per heavy atom. The first-order chi connectivity index (χ1) is 5.11. The standard InChI is InChI=1S/C6H8N2O3/c1-3-7-2-4(6(10)11)5(9)8-3/h2,5,9H,1H3,(H,7,8)(H,10,11)/t5-/m0/s1. The minimum Gasteiger partial charge on any atom is -0.478 e. The predicted molar refractivity (Wildman–Crippen MR) is 38.0 cm³/mol. The number of aliphatic carboxylic acids is 1. The molecular weight excluding hydrogens is 148 g/mol. The van der Waals surface area contributed by atoms with Crippen LogP contribution in [-0.4, -0.2) is 28.2 Å². The third kappa shape index (κ3) is 1.56. The molecule has 1 heterocycles. The molecule has 1 atom stereocenters. The maximum atomic E-state index is 10.3. The van der Waals surface area contributed by atoms with Crippen molar-refractivity contribution < 1.29 is 15.0 Å². The van der Waals surface area contributed by atoms with Crippen LogP contribution in [-0.2, 0) is 4.79 Å². The van der Waals surface area contributed by atoms with Crippen molar-refractivity contribution in [3.8, 4) is 0 Å². The normalized spacial score (nSPS) is 23.3. The Morgan fingerprint density at radius 2 is 2.45 bits per heavy atom.